The quantitative estimate of drug-likeness (QED) is 0.780. The van der Waals surface area contributed by atoms with Gasteiger partial charge in [0, 0.05) is 12.2 Å². The number of hydrogen-bond acceptors (Lipinski definition) is 6. The highest BCUT2D eigenvalue weighted by Crippen LogP contribution is 2.25. The summed E-state index contributed by atoms with van der Waals surface area (Å²) in [6.07, 6.45) is 4.35. The third kappa shape index (κ3) is 2.99. The molecule has 0 fully saturated rings. The largest absolute Gasteiger partial charge is 0.360 e. The van der Waals surface area contributed by atoms with Crippen LogP contribution in [0.3, 0.4) is 0 Å². The second kappa shape index (κ2) is 6.28. The first-order chi connectivity index (χ1) is 11.1. The number of hydrogen-bond donors (Lipinski definition) is 1. The van der Waals surface area contributed by atoms with Crippen LogP contribution in [-0.4, -0.2) is 29.7 Å². The van der Waals surface area contributed by atoms with Crippen molar-refractivity contribution in [2.45, 2.75) is 46.7 Å². The van der Waals surface area contributed by atoms with E-state index in [-0.39, 0.29) is 6.04 Å². The fraction of sp³-hybridized carbons (Fsp3) is 0.438. The van der Waals surface area contributed by atoms with Gasteiger partial charge in [0.1, 0.15) is 18.5 Å². The van der Waals surface area contributed by atoms with Crippen molar-refractivity contribution in [3.05, 3.63) is 35.8 Å². The highest BCUT2D eigenvalue weighted by atomic mass is 15.3. The predicted octanol–water partition coefficient (Wildman–Crippen LogP) is 2.82. The Morgan fingerprint density at radius 3 is 2.87 bits per heavy atom. The topological polar surface area (TPSA) is 81.4 Å². The van der Waals surface area contributed by atoms with E-state index in [4.69, 9.17) is 0 Å². The van der Waals surface area contributed by atoms with Gasteiger partial charge in [0.2, 0.25) is 0 Å². The van der Waals surface area contributed by atoms with Crippen LogP contribution in [0.1, 0.15) is 43.4 Å². The summed E-state index contributed by atoms with van der Waals surface area (Å²) in [5.41, 5.74) is 2.77. The number of aryl methyl sites for hydroxylation is 3. The van der Waals surface area contributed by atoms with Gasteiger partial charge in [-0.15, -0.1) is 10.2 Å². The Morgan fingerprint density at radius 2 is 2.09 bits per heavy atom. The van der Waals surface area contributed by atoms with Gasteiger partial charge in [0.25, 0.3) is 0 Å². The average molecular weight is 311 g/mol. The molecule has 0 spiro atoms. The minimum Gasteiger partial charge on any atom is -0.360 e. The highest BCUT2D eigenvalue weighted by molar-refractivity contribution is 5.89. The summed E-state index contributed by atoms with van der Waals surface area (Å²) < 4.78 is 2.07. The van der Waals surface area contributed by atoms with Crippen molar-refractivity contribution in [1.29, 1.82) is 0 Å². The third-order valence-electron chi connectivity index (χ3n) is 3.78. The number of fused-ring (bicyclic) bond motifs is 1. The van der Waals surface area contributed by atoms with Gasteiger partial charge in [-0.3, -0.25) is 0 Å². The van der Waals surface area contributed by atoms with Crippen LogP contribution in [0.2, 0.25) is 0 Å². The Morgan fingerprint density at radius 1 is 1.26 bits per heavy atom. The van der Waals surface area contributed by atoms with Crippen LogP contribution >= 0.6 is 0 Å². The van der Waals surface area contributed by atoms with Gasteiger partial charge >= 0.3 is 0 Å². The molecule has 7 nitrogen and oxygen atoms in total. The van der Waals surface area contributed by atoms with Crippen LogP contribution in [0.25, 0.3) is 11.0 Å². The fourth-order valence-corrected chi connectivity index (χ4v) is 2.80. The second-order valence-corrected chi connectivity index (χ2v) is 5.75. The zero-order chi connectivity index (χ0) is 16.4. The Balaban J connectivity index is 1.96. The normalized spacial score (nSPS) is 12.5. The molecule has 0 aliphatic rings. The maximum Gasteiger partial charge on any atom is 0.165 e. The van der Waals surface area contributed by atoms with Crippen LogP contribution < -0.4 is 5.32 Å². The minimum absolute atomic E-state index is 0.0112. The van der Waals surface area contributed by atoms with Crippen molar-refractivity contribution in [3.8, 4) is 0 Å². The van der Waals surface area contributed by atoms with Gasteiger partial charge in [-0.25, -0.2) is 15.0 Å². The first-order valence-corrected chi connectivity index (χ1v) is 7.83. The summed E-state index contributed by atoms with van der Waals surface area (Å²) in [5.74, 6) is 1.68. The van der Waals surface area contributed by atoms with Gasteiger partial charge < -0.3 is 9.88 Å². The molecule has 0 bridgehead atoms. The maximum absolute atomic E-state index is 4.49. The van der Waals surface area contributed by atoms with E-state index in [1.165, 1.54) is 0 Å². The summed E-state index contributed by atoms with van der Waals surface area (Å²) >= 11 is 0. The highest BCUT2D eigenvalue weighted by Gasteiger charge is 2.16. The van der Waals surface area contributed by atoms with Crippen molar-refractivity contribution < 1.29 is 0 Å². The molecule has 120 valence electrons. The lowest BCUT2D eigenvalue weighted by Crippen LogP contribution is -2.15. The number of anilines is 1. The summed E-state index contributed by atoms with van der Waals surface area (Å²) in [6.45, 7) is 9.12. The van der Waals surface area contributed by atoms with E-state index < -0.39 is 0 Å². The monoisotopic (exact) mass is 311 g/mol. The molecule has 3 aromatic rings. The molecule has 0 aliphatic heterocycles. The molecule has 0 amide bonds. The number of pyridine rings is 1. The minimum atomic E-state index is -0.0112. The third-order valence-corrected chi connectivity index (χ3v) is 3.78. The average Bonchev–Trinajstić information content (AvgIpc) is 2.95. The number of nitrogens with one attached hydrogen (secondary N) is 1. The van der Waals surface area contributed by atoms with E-state index in [0.29, 0.717) is 5.65 Å². The Kier molecular flexibility index (Phi) is 4.18. The first kappa shape index (κ1) is 15.3. The zero-order valence-corrected chi connectivity index (χ0v) is 13.9. The van der Waals surface area contributed by atoms with Gasteiger partial charge in [-0.1, -0.05) is 6.92 Å². The van der Waals surface area contributed by atoms with Crippen LogP contribution in [-0.2, 0) is 6.54 Å². The summed E-state index contributed by atoms with van der Waals surface area (Å²) in [5, 5.41) is 12.6. The van der Waals surface area contributed by atoms with Crippen LogP contribution in [0, 0.1) is 13.8 Å². The second-order valence-electron chi connectivity index (χ2n) is 5.75. The number of nitrogens with zero attached hydrogens (tertiary/aromatic N) is 6. The van der Waals surface area contributed by atoms with E-state index in [0.717, 1.165) is 41.3 Å². The molecule has 0 unspecified atom stereocenters. The van der Waals surface area contributed by atoms with Gasteiger partial charge in [0.15, 0.2) is 11.5 Å². The van der Waals surface area contributed by atoms with E-state index in [2.05, 4.69) is 55.8 Å². The Labute approximate surface area is 135 Å². The molecule has 3 heterocycles. The lowest BCUT2D eigenvalue weighted by Gasteiger charge is -2.16. The lowest BCUT2D eigenvalue weighted by atomic mass is 10.1. The molecule has 3 rings (SSSR count). The SMILES string of the molecule is CCCn1cnnc1[C@H](C)Nc1ncnc2nc(C)cc(C)c12. The van der Waals surface area contributed by atoms with Crippen molar-refractivity contribution in [2.24, 2.45) is 0 Å². The van der Waals surface area contributed by atoms with Gasteiger partial charge in [0.05, 0.1) is 11.4 Å². The number of aromatic nitrogens is 6. The van der Waals surface area contributed by atoms with E-state index in [1.807, 2.05) is 13.0 Å². The van der Waals surface area contributed by atoms with Gasteiger partial charge in [-0.2, -0.15) is 0 Å². The first-order valence-electron chi connectivity index (χ1n) is 7.83. The maximum atomic E-state index is 4.49. The molecule has 1 atom stereocenters. The molecule has 1 N–H and O–H groups in total. The summed E-state index contributed by atoms with van der Waals surface area (Å²) in [7, 11) is 0. The molecule has 0 radical (unpaired) electrons. The van der Waals surface area contributed by atoms with Crippen LogP contribution in [0.5, 0.6) is 0 Å². The molecular weight excluding hydrogens is 290 g/mol. The summed E-state index contributed by atoms with van der Waals surface area (Å²) in [6, 6.07) is 2.03. The predicted molar refractivity (Wildman–Crippen MR) is 89.2 cm³/mol. The molecular formula is C16H21N7. The van der Waals surface area contributed by atoms with Crippen LogP contribution in [0.4, 0.5) is 5.82 Å². The smallest absolute Gasteiger partial charge is 0.165 e. The van der Waals surface area contributed by atoms with Crippen molar-refractivity contribution in [1.82, 2.24) is 29.7 Å². The van der Waals surface area contributed by atoms with Crippen molar-refractivity contribution >= 4 is 16.9 Å². The standard InChI is InChI=1S/C16H21N7/c1-5-6-23-9-19-22-16(23)12(4)21-15-13-10(2)7-11(3)20-14(13)17-8-18-15/h7-9,12H,5-6H2,1-4H3,(H,17,18,20,21)/t12-/m0/s1. The van der Waals surface area contributed by atoms with Crippen molar-refractivity contribution in [2.75, 3.05) is 5.32 Å². The van der Waals surface area contributed by atoms with Crippen molar-refractivity contribution in [3.63, 3.8) is 0 Å². The molecule has 0 aliphatic carbocycles. The molecule has 0 saturated heterocycles. The van der Waals surface area contributed by atoms with E-state index in [1.54, 1.807) is 12.7 Å². The molecule has 0 saturated carbocycles. The molecule has 3 aromatic heterocycles. The lowest BCUT2D eigenvalue weighted by molar-refractivity contribution is 0.613. The molecule has 7 heteroatoms. The Bertz CT molecular complexity index is 824. The van der Waals surface area contributed by atoms with Crippen LogP contribution in [0.15, 0.2) is 18.7 Å². The molecule has 0 aromatic carbocycles. The Hall–Kier alpha value is -2.57. The fourth-order valence-electron chi connectivity index (χ4n) is 2.80. The number of rotatable bonds is 5. The van der Waals surface area contributed by atoms with Gasteiger partial charge in [-0.05, 0) is 38.8 Å². The zero-order valence-electron chi connectivity index (χ0n) is 13.9. The van der Waals surface area contributed by atoms with E-state index in [9.17, 15) is 0 Å². The summed E-state index contributed by atoms with van der Waals surface area (Å²) in [4.78, 5) is 13.2. The molecule has 23 heavy (non-hydrogen) atoms. The van der Waals surface area contributed by atoms with E-state index >= 15 is 0 Å².